The Morgan fingerprint density at radius 1 is 1.46 bits per heavy atom. The van der Waals surface area contributed by atoms with Crippen molar-refractivity contribution in [3.8, 4) is 0 Å². The average Bonchev–Trinajstić information content (AvgIpc) is 3.24. The lowest BCUT2D eigenvalue weighted by atomic mass is 9.92. The van der Waals surface area contributed by atoms with Gasteiger partial charge in [0, 0.05) is 56.9 Å². The van der Waals surface area contributed by atoms with E-state index in [4.69, 9.17) is 0 Å². The first-order chi connectivity index (χ1) is 11.5. The third-order valence-electron chi connectivity index (χ3n) is 4.85. The molecule has 2 aliphatic rings. The number of hydrogen-bond donors (Lipinski definition) is 2. The summed E-state index contributed by atoms with van der Waals surface area (Å²) in [6.45, 7) is 6.71. The molecule has 0 radical (unpaired) electrons. The Morgan fingerprint density at radius 2 is 2.25 bits per heavy atom. The van der Waals surface area contributed by atoms with Crippen molar-refractivity contribution < 1.29 is 14.7 Å². The van der Waals surface area contributed by atoms with Crippen molar-refractivity contribution in [1.29, 1.82) is 0 Å². The van der Waals surface area contributed by atoms with Crippen LogP contribution in [0.2, 0.25) is 0 Å². The molecule has 24 heavy (non-hydrogen) atoms. The van der Waals surface area contributed by atoms with Gasteiger partial charge in [-0.05, 0) is 19.4 Å². The fourth-order valence-corrected chi connectivity index (χ4v) is 3.47. The van der Waals surface area contributed by atoms with Crippen LogP contribution in [0.25, 0.3) is 0 Å². The van der Waals surface area contributed by atoms with E-state index >= 15 is 0 Å². The highest BCUT2D eigenvalue weighted by Crippen LogP contribution is 2.32. The maximum atomic E-state index is 12.3. The lowest BCUT2D eigenvalue weighted by molar-refractivity contribution is -0.128. The van der Waals surface area contributed by atoms with Crippen LogP contribution in [0.1, 0.15) is 31.4 Å². The molecule has 0 bridgehead atoms. The van der Waals surface area contributed by atoms with Gasteiger partial charge in [-0.3, -0.25) is 19.3 Å². The number of hydrogen-bond acceptors (Lipinski definition) is 5. The number of carbonyl (C=O) groups is 2. The van der Waals surface area contributed by atoms with Crippen molar-refractivity contribution in [3.05, 3.63) is 18.0 Å². The topological polar surface area (TPSA) is 90.7 Å². The summed E-state index contributed by atoms with van der Waals surface area (Å²) in [6.07, 6.45) is 3.88. The first-order valence-corrected chi connectivity index (χ1v) is 8.45. The second-order valence-corrected chi connectivity index (χ2v) is 6.87. The maximum absolute atomic E-state index is 12.3. The molecule has 8 heteroatoms. The van der Waals surface area contributed by atoms with Crippen LogP contribution in [0.4, 0.5) is 4.79 Å². The minimum Gasteiger partial charge on any atom is -0.396 e. The SMILES string of the molecule is CC(C)n1cc([C@@H]2CN(CC(=O)N3CCNC3=O)C[C@H]2CO)cn1. The highest BCUT2D eigenvalue weighted by molar-refractivity contribution is 5.96. The molecule has 132 valence electrons. The minimum absolute atomic E-state index is 0.0758. The van der Waals surface area contributed by atoms with E-state index in [9.17, 15) is 14.7 Å². The molecule has 0 aromatic carbocycles. The van der Waals surface area contributed by atoms with E-state index in [1.807, 2.05) is 22.0 Å². The van der Waals surface area contributed by atoms with Crippen molar-refractivity contribution in [2.24, 2.45) is 5.92 Å². The van der Waals surface area contributed by atoms with Gasteiger partial charge in [0.15, 0.2) is 0 Å². The van der Waals surface area contributed by atoms with Gasteiger partial charge in [0.1, 0.15) is 0 Å². The largest absolute Gasteiger partial charge is 0.396 e. The van der Waals surface area contributed by atoms with Gasteiger partial charge >= 0.3 is 6.03 Å². The molecule has 3 rings (SSSR count). The van der Waals surface area contributed by atoms with E-state index in [1.165, 1.54) is 4.90 Å². The van der Waals surface area contributed by atoms with Crippen molar-refractivity contribution in [3.63, 3.8) is 0 Å². The van der Waals surface area contributed by atoms with Gasteiger partial charge in [0.05, 0.1) is 12.7 Å². The van der Waals surface area contributed by atoms with Crippen LogP contribution in [0, 0.1) is 5.92 Å². The molecule has 2 fully saturated rings. The number of nitrogens with one attached hydrogen (secondary N) is 1. The average molecular weight is 335 g/mol. The summed E-state index contributed by atoms with van der Waals surface area (Å²) >= 11 is 0. The summed E-state index contributed by atoms with van der Waals surface area (Å²) in [5.74, 6) is 0.0536. The first-order valence-electron chi connectivity index (χ1n) is 8.45. The number of aromatic nitrogens is 2. The summed E-state index contributed by atoms with van der Waals surface area (Å²) in [5, 5.41) is 16.7. The molecule has 0 spiro atoms. The predicted molar refractivity (Wildman–Crippen MR) is 87.5 cm³/mol. The maximum Gasteiger partial charge on any atom is 0.324 e. The van der Waals surface area contributed by atoms with Gasteiger partial charge in [0.25, 0.3) is 0 Å². The Kier molecular flexibility index (Phi) is 4.86. The minimum atomic E-state index is -0.312. The van der Waals surface area contributed by atoms with E-state index < -0.39 is 0 Å². The molecule has 1 aromatic rings. The number of carbonyl (C=O) groups excluding carboxylic acids is 2. The number of urea groups is 1. The van der Waals surface area contributed by atoms with Crippen molar-refractivity contribution in [1.82, 2.24) is 24.9 Å². The normalized spacial score (nSPS) is 24.8. The number of nitrogens with zero attached hydrogens (tertiary/aromatic N) is 4. The standard InChI is InChI=1S/C16H25N5O3/c1-11(2)21-7-12(5-18-21)14-8-19(6-13(14)10-22)9-15(23)20-4-3-17-16(20)24/h5,7,11,13-14,22H,3-4,6,8-10H2,1-2H3,(H,17,24)/t13-,14-/m0/s1. The van der Waals surface area contributed by atoms with Gasteiger partial charge < -0.3 is 10.4 Å². The predicted octanol–water partition coefficient (Wildman–Crippen LogP) is 0.0235. The van der Waals surface area contributed by atoms with Crippen LogP contribution >= 0.6 is 0 Å². The fourth-order valence-electron chi connectivity index (χ4n) is 3.47. The molecule has 3 heterocycles. The molecular formula is C16H25N5O3. The smallest absolute Gasteiger partial charge is 0.324 e. The van der Waals surface area contributed by atoms with Gasteiger partial charge in [-0.15, -0.1) is 0 Å². The summed E-state index contributed by atoms with van der Waals surface area (Å²) in [5.41, 5.74) is 1.09. The molecule has 2 aliphatic heterocycles. The van der Waals surface area contributed by atoms with Crippen LogP contribution in [0.15, 0.2) is 12.4 Å². The third kappa shape index (κ3) is 3.29. The zero-order valence-electron chi connectivity index (χ0n) is 14.2. The van der Waals surface area contributed by atoms with E-state index in [0.29, 0.717) is 32.2 Å². The number of aliphatic hydroxyl groups excluding tert-OH is 1. The molecule has 0 saturated carbocycles. The molecule has 2 N–H and O–H groups in total. The lowest BCUT2D eigenvalue weighted by Gasteiger charge is -2.18. The number of aliphatic hydroxyl groups is 1. The molecule has 3 amide bonds. The van der Waals surface area contributed by atoms with E-state index in [2.05, 4.69) is 24.3 Å². The number of amides is 3. The zero-order chi connectivity index (χ0) is 17.3. The third-order valence-corrected chi connectivity index (χ3v) is 4.85. The Hall–Kier alpha value is -1.93. The van der Waals surface area contributed by atoms with Crippen LogP contribution in [-0.2, 0) is 4.79 Å². The van der Waals surface area contributed by atoms with Crippen molar-refractivity contribution in [2.45, 2.75) is 25.8 Å². The van der Waals surface area contributed by atoms with Crippen LogP contribution in [0.3, 0.4) is 0 Å². The van der Waals surface area contributed by atoms with Gasteiger partial charge in [0.2, 0.25) is 5.91 Å². The Labute approximate surface area is 141 Å². The summed E-state index contributed by atoms with van der Waals surface area (Å²) in [7, 11) is 0. The van der Waals surface area contributed by atoms with Crippen LogP contribution in [0.5, 0.6) is 0 Å². The van der Waals surface area contributed by atoms with E-state index in [0.717, 1.165) is 5.56 Å². The second kappa shape index (κ2) is 6.90. The van der Waals surface area contributed by atoms with Gasteiger partial charge in [-0.25, -0.2) is 4.79 Å². The molecular weight excluding hydrogens is 310 g/mol. The zero-order valence-corrected chi connectivity index (χ0v) is 14.2. The van der Waals surface area contributed by atoms with Gasteiger partial charge in [-0.2, -0.15) is 5.10 Å². The van der Waals surface area contributed by atoms with Crippen LogP contribution in [-0.4, -0.2) is 76.0 Å². The highest BCUT2D eigenvalue weighted by atomic mass is 16.3. The Balaban J connectivity index is 1.65. The van der Waals surface area contributed by atoms with Gasteiger partial charge in [-0.1, -0.05) is 0 Å². The number of likely N-dealkylation sites (tertiary alicyclic amines) is 1. The molecule has 8 nitrogen and oxygen atoms in total. The first kappa shape index (κ1) is 16.9. The highest BCUT2D eigenvalue weighted by Gasteiger charge is 2.36. The lowest BCUT2D eigenvalue weighted by Crippen LogP contribution is -2.41. The van der Waals surface area contributed by atoms with Crippen LogP contribution < -0.4 is 5.32 Å². The summed E-state index contributed by atoms with van der Waals surface area (Å²) in [4.78, 5) is 27.2. The Bertz CT molecular complexity index is 615. The molecule has 2 atom stereocenters. The molecule has 1 aromatic heterocycles. The summed E-state index contributed by atoms with van der Waals surface area (Å²) < 4.78 is 1.91. The van der Waals surface area contributed by atoms with Crippen molar-refractivity contribution in [2.75, 3.05) is 39.3 Å². The number of imide groups is 1. The quantitative estimate of drug-likeness (QED) is 0.792. The van der Waals surface area contributed by atoms with E-state index in [-0.39, 0.29) is 36.9 Å². The molecule has 0 aliphatic carbocycles. The number of rotatable bonds is 5. The monoisotopic (exact) mass is 335 g/mol. The summed E-state index contributed by atoms with van der Waals surface area (Å²) in [6, 6.07) is -0.0215. The van der Waals surface area contributed by atoms with E-state index in [1.54, 1.807) is 0 Å². The fraction of sp³-hybridized carbons (Fsp3) is 0.688. The van der Waals surface area contributed by atoms with Crippen molar-refractivity contribution >= 4 is 11.9 Å². The second-order valence-electron chi connectivity index (χ2n) is 6.87. The molecule has 2 saturated heterocycles. The Morgan fingerprint density at radius 3 is 2.83 bits per heavy atom. The molecule has 0 unspecified atom stereocenters.